The number of fused-ring (bicyclic) bond motifs is 7. The molecule has 0 bridgehead atoms. The number of allylic oxidation sites excluding steroid dienone is 2. The average molecular weight is 588 g/mol. The fraction of sp³-hybridized carbons (Fsp3) is 0.703. The van der Waals surface area contributed by atoms with E-state index in [-0.39, 0.29) is 62.1 Å². The van der Waals surface area contributed by atoms with Gasteiger partial charge in [0.15, 0.2) is 10.7 Å². The van der Waals surface area contributed by atoms with Crippen LogP contribution in [0.4, 0.5) is 0 Å². The van der Waals surface area contributed by atoms with Crippen LogP contribution in [-0.2, 0) is 20.8 Å². The van der Waals surface area contributed by atoms with Gasteiger partial charge in [-0.2, -0.15) is 5.26 Å². The van der Waals surface area contributed by atoms with Crippen molar-refractivity contribution in [1.82, 2.24) is 0 Å². The van der Waals surface area contributed by atoms with Crippen molar-refractivity contribution >= 4 is 22.7 Å². The second kappa shape index (κ2) is 9.55. The van der Waals surface area contributed by atoms with Gasteiger partial charge in [0.05, 0.1) is 5.57 Å². The van der Waals surface area contributed by atoms with Crippen molar-refractivity contribution in [2.24, 2.45) is 56.2 Å². The van der Waals surface area contributed by atoms with Gasteiger partial charge in [0.2, 0.25) is 0 Å². The van der Waals surface area contributed by atoms with E-state index in [4.69, 9.17) is 0 Å². The summed E-state index contributed by atoms with van der Waals surface area (Å²) in [5.74, 6) is 1.36. The number of nitriles is 1. The molecule has 0 radical (unpaired) electrons. The third kappa shape index (κ3) is 4.03. The molecule has 5 aliphatic carbocycles. The summed E-state index contributed by atoms with van der Waals surface area (Å²) in [4.78, 5) is 29.0. The molecule has 4 saturated carbocycles. The highest BCUT2D eigenvalue weighted by molar-refractivity contribution is 7.91. The number of nitrogens with zero attached hydrogens (tertiary/aromatic N) is 1. The Kier molecular flexibility index (Phi) is 6.85. The number of carbonyl (C=O) groups excluding carboxylic acids is 2. The maximum Gasteiger partial charge on any atom is 0.178 e. The molecule has 4 nitrogen and oxygen atoms in total. The van der Waals surface area contributed by atoms with E-state index in [0.29, 0.717) is 18.0 Å². The second-order valence-electron chi connectivity index (χ2n) is 16.9. The van der Waals surface area contributed by atoms with Crippen molar-refractivity contribution < 1.29 is 14.1 Å². The van der Waals surface area contributed by atoms with Crippen LogP contribution >= 0.6 is 0 Å². The van der Waals surface area contributed by atoms with E-state index in [9.17, 15) is 19.4 Å². The van der Waals surface area contributed by atoms with Crippen molar-refractivity contribution in [3.05, 3.63) is 42.0 Å². The van der Waals surface area contributed by atoms with E-state index >= 15 is 0 Å². The number of hydrogen-bond donors (Lipinski definition) is 0. The van der Waals surface area contributed by atoms with Crippen LogP contribution in [0.5, 0.6) is 0 Å². The van der Waals surface area contributed by atoms with E-state index in [0.717, 1.165) is 49.8 Å². The second-order valence-corrected chi connectivity index (χ2v) is 18.3. The molecule has 6 rings (SSSR count). The molecule has 1 aromatic carbocycles. The standard InChI is InChI=1S/C37H49NO3S/c1-32(2)15-17-37(23-42(41)25-11-9-8-10-12-25)18-16-36(7)30(26(37)21-32)27(39)19-29-34(5)20-24(22-38)31(40)33(3,4)28(34)13-14-35(29,36)6/h8-12,20,26,28-30H,13-19,21,23H2,1-7H3/t26-,28+,29-,30?,34+,35-,36-,37-,42?/m1/s1. The van der Waals surface area contributed by atoms with Crippen LogP contribution in [0.15, 0.2) is 46.9 Å². The summed E-state index contributed by atoms with van der Waals surface area (Å²) in [7, 11) is 0. The molecule has 2 unspecified atom stereocenters. The fourth-order valence-corrected chi connectivity index (χ4v) is 13.2. The molecule has 0 aromatic heterocycles. The summed E-state index contributed by atoms with van der Waals surface area (Å²) in [6.45, 7) is 15.9. The van der Waals surface area contributed by atoms with E-state index in [1.54, 1.807) is 0 Å². The summed E-state index contributed by atoms with van der Waals surface area (Å²) < 4.78 is 13.8. The first-order valence-corrected chi connectivity index (χ1v) is 17.5. The zero-order chi connectivity index (χ0) is 30.5. The minimum Gasteiger partial charge on any atom is -0.611 e. The Morgan fingerprint density at radius 2 is 1.57 bits per heavy atom. The zero-order valence-corrected chi connectivity index (χ0v) is 27.5. The van der Waals surface area contributed by atoms with Crippen molar-refractivity contribution in [3.8, 4) is 6.07 Å². The average Bonchev–Trinajstić information content (AvgIpc) is 2.93. The lowest BCUT2D eigenvalue weighted by Gasteiger charge is -2.71. The van der Waals surface area contributed by atoms with Crippen LogP contribution in [0.2, 0.25) is 0 Å². The number of Topliss-reactive ketones (excluding diaryl/α,β-unsaturated/α-hetero) is 2. The maximum absolute atomic E-state index is 14.8. The van der Waals surface area contributed by atoms with Crippen LogP contribution in [-0.4, -0.2) is 21.9 Å². The van der Waals surface area contributed by atoms with Crippen LogP contribution < -0.4 is 0 Å². The van der Waals surface area contributed by atoms with Gasteiger partial charge in [-0.3, -0.25) is 9.59 Å². The molecule has 226 valence electrons. The molecule has 0 heterocycles. The van der Waals surface area contributed by atoms with Crippen LogP contribution in [0.3, 0.4) is 0 Å². The van der Waals surface area contributed by atoms with Crippen molar-refractivity contribution in [2.45, 2.75) is 105 Å². The molecule has 0 amide bonds. The summed E-state index contributed by atoms with van der Waals surface area (Å²) in [5, 5.41) is 9.98. The molecule has 0 aliphatic heterocycles. The van der Waals surface area contributed by atoms with Gasteiger partial charge in [-0.05, 0) is 108 Å². The normalized spacial score (nSPS) is 44.4. The van der Waals surface area contributed by atoms with E-state index < -0.39 is 16.6 Å². The smallest absolute Gasteiger partial charge is 0.178 e. The largest absolute Gasteiger partial charge is 0.611 e. The number of benzene rings is 1. The van der Waals surface area contributed by atoms with Crippen molar-refractivity contribution in [1.29, 1.82) is 5.26 Å². The molecule has 0 saturated heterocycles. The maximum atomic E-state index is 14.8. The van der Waals surface area contributed by atoms with Gasteiger partial charge in [-0.25, -0.2) is 0 Å². The number of carbonyl (C=O) groups is 2. The van der Waals surface area contributed by atoms with Gasteiger partial charge in [0, 0.05) is 23.2 Å². The highest BCUT2D eigenvalue weighted by Crippen LogP contribution is 2.76. The number of ketones is 2. The minimum atomic E-state index is -1.10. The van der Waals surface area contributed by atoms with E-state index in [1.165, 1.54) is 0 Å². The van der Waals surface area contributed by atoms with Gasteiger partial charge in [-0.1, -0.05) is 72.7 Å². The Bertz CT molecular complexity index is 1370. The highest BCUT2D eigenvalue weighted by Gasteiger charge is 2.72. The summed E-state index contributed by atoms with van der Waals surface area (Å²) >= 11 is -1.10. The molecule has 0 N–H and O–H groups in total. The predicted molar refractivity (Wildman–Crippen MR) is 167 cm³/mol. The molecule has 5 heteroatoms. The third-order valence-corrected chi connectivity index (χ3v) is 15.7. The molecule has 9 atom stereocenters. The van der Waals surface area contributed by atoms with E-state index in [1.807, 2.05) is 50.3 Å². The Labute approximate surface area is 256 Å². The monoisotopic (exact) mass is 587 g/mol. The van der Waals surface area contributed by atoms with Gasteiger partial charge in [0.25, 0.3) is 0 Å². The molecular weight excluding hydrogens is 538 g/mol. The van der Waals surface area contributed by atoms with Crippen LogP contribution in [0.1, 0.15) is 99.8 Å². The van der Waals surface area contributed by atoms with E-state index in [2.05, 4.69) is 40.7 Å². The molecular formula is C37H49NO3S. The SMILES string of the molecule is CC1(C)CC[C@]2(C[S+]([O-])c3ccccc3)CC[C@]3(C)C(C(=O)C[C@@H]4[C@@]5(C)C=C(C#N)C(=O)C(C)(C)[C@@H]5CC[C@]43C)[C@H]2C1. The van der Waals surface area contributed by atoms with Gasteiger partial charge in [0.1, 0.15) is 17.6 Å². The molecule has 4 fully saturated rings. The topological polar surface area (TPSA) is 81.0 Å². The lowest BCUT2D eigenvalue weighted by atomic mass is 9.31. The summed E-state index contributed by atoms with van der Waals surface area (Å²) in [6, 6.07) is 12.1. The lowest BCUT2D eigenvalue weighted by molar-refractivity contribution is -0.220. The van der Waals surface area contributed by atoms with Crippen molar-refractivity contribution in [3.63, 3.8) is 0 Å². The predicted octanol–water partition coefficient (Wildman–Crippen LogP) is 8.09. The molecule has 1 aromatic rings. The molecule has 42 heavy (non-hydrogen) atoms. The number of hydrogen-bond acceptors (Lipinski definition) is 4. The van der Waals surface area contributed by atoms with Crippen LogP contribution in [0.25, 0.3) is 0 Å². The summed E-state index contributed by atoms with van der Waals surface area (Å²) in [6.07, 6.45) is 9.57. The van der Waals surface area contributed by atoms with Crippen molar-refractivity contribution in [2.75, 3.05) is 5.75 Å². The van der Waals surface area contributed by atoms with Gasteiger partial charge in [-0.15, -0.1) is 0 Å². The van der Waals surface area contributed by atoms with Gasteiger partial charge >= 0.3 is 0 Å². The molecule has 0 spiro atoms. The first-order valence-electron chi connectivity index (χ1n) is 16.2. The first kappa shape index (κ1) is 30.1. The minimum absolute atomic E-state index is 0.0411. The van der Waals surface area contributed by atoms with Crippen LogP contribution in [0, 0.1) is 67.5 Å². The first-order chi connectivity index (χ1) is 19.5. The fourth-order valence-electron chi connectivity index (χ4n) is 11.6. The Balaban J connectivity index is 1.42. The Morgan fingerprint density at radius 3 is 2.24 bits per heavy atom. The quantitative estimate of drug-likeness (QED) is 0.335. The van der Waals surface area contributed by atoms with Gasteiger partial charge < -0.3 is 4.55 Å². The summed E-state index contributed by atoms with van der Waals surface area (Å²) in [5.41, 5.74) is -0.919. The Morgan fingerprint density at radius 1 is 0.905 bits per heavy atom. The third-order valence-electron chi connectivity index (χ3n) is 14.1. The Hall–Kier alpha value is -1.90. The lowest BCUT2D eigenvalue weighted by Crippen LogP contribution is -2.69. The highest BCUT2D eigenvalue weighted by atomic mass is 32.2. The number of rotatable bonds is 3. The molecule has 5 aliphatic rings. The zero-order valence-electron chi connectivity index (χ0n) is 26.7.